The zero-order valence-corrected chi connectivity index (χ0v) is 11.7. The van der Waals surface area contributed by atoms with Gasteiger partial charge in [-0.2, -0.15) is 4.98 Å². The van der Waals surface area contributed by atoms with Crippen LogP contribution in [0.1, 0.15) is 6.92 Å². The van der Waals surface area contributed by atoms with E-state index in [1.54, 1.807) is 0 Å². The third-order valence-electron chi connectivity index (χ3n) is 2.50. The fourth-order valence-electron chi connectivity index (χ4n) is 1.59. The first-order chi connectivity index (χ1) is 10.0. The second-order valence-corrected chi connectivity index (χ2v) is 4.39. The molecule has 8 heteroatoms. The zero-order valence-electron chi connectivity index (χ0n) is 11.0. The van der Waals surface area contributed by atoms with Crippen molar-refractivity contribution in [2.45, 2.75) is 6.92 Å². The lowest BCUT2D eigenvalue weighted by Crippen LogP contribution is -2.02. The van der Waals surface area contributed by atoms with E-state index in [0.717, 1.165) is 12.1 Å². The molecule has 1 aromatic carbocycles. The number of halogens is 2. The van der Waals surface area contributed by atoms with Gasteiger partial charge in [-0.15, -0.1) is 0 Å². The van der Waals surface area contributed by atoms with E-state index in [1.807, 2.05) is 6.92 Å². The molecule has 0 amide bonds. The molecule has 0 fully saturated rings. The summed E-state index contributed by atoms with van der Waals surface area (Å²) in [6.45, 7) is 2.46. The number of nitrogens with one attached hydrogen (secondary N) is 1. The monoisotopic (exact) mass is 311 g/mol. The number of hydrogen-bond acceptors (Lipinski definition) is 5. The van der Waals surface area contributed by atoms with E-state index in [0.29, 0.717) is 12.4 Å². The average molecular weight is 312 g/mol. The number of pyridine rings is 1. The van der Waals surface area contributed by atoms with Crippen molar-refractivity contribution in [3.05, 3.63) is 51.3 Å². The van der Waals surface area contributed by atoms with Crippen LogP contribution < -0.4 is 10.1 Å². The molecule has 1 heterocycles. The first kappa shape index (κ1) is 15.0. The third kappa shape index (κ3) is 3.57. The van der Waals surface area contributed by atoms with Gasteiger partial charge in [0, 0.05) is 12.6 Å². The summed E-state index contributed by atoms with van der Waals surface area (Å²) in [6.07, 6.45) is 0. The summed E-state index contributed by atoms with van der Waals surface area (Å²) in [4.78, 5) is 14.4. The highest BCUT2D eigenvalue weighted by molar-refractivity contribution is 6.32. The molecule has 2 rings (SSSR count). The van der Waals surface area contributed by atoms with Crippen molar-refractivity contribution in [1.29, 1.82) is 0 Å². The standard InChI is InChI=1S/C13H11ClFN3O3/c1-2-16-12-6-4-10(18(19)20)13(17-12)21-11-5-3-8(15)7-9(11)14/h3-7H,2H2,1H3,(H,16,17). The largest absolute Gasteiger partial charge is 0.432 e. The predicted molar refractivity (Wildman–Crippen MR) is 76.5 cm³/mol. The van der Waals surface area contributed by atoms with Crippen molar-refractivity contribution in [3.63, 3.8) is 0 Å². The van der Waals surface area contributed by atoms with Gasteiger partial charge < -0.3 is 10.1 Å². The second-order valence-electron chi connectivity index (χ2n) is 3.99. The molecular formula is C13H11ClFN3O3. The fourth-order valence-corrected chi connectivity index (χ4v) is 1.79. The minimum absolute atomic E-state index is 0.0000447. The summed E-state index contributed by atoms with van der Waals surface area (Å²) < 4.78 is 18.3. The van der Waals surface area contributed by atoms with Gasteiger partial charge in [-0.3, -0.25) is 10.1 Å². The molecule has 0 aliphatic rings. The summed E-state index contributed by atoms with van der Waals surface area (Å²) in [5.74, 6) is -0.234. The summed E-state index contributed by atoms with van der Waals surface area (Å²) in [5.41, 5.74) is -0.308. The maximum absolute atomic E-state index is 13.0. The Morgan fingerprint density at radius 3 is 2.81 bits per heavy atom. The third-order valence-corrected chi connectivity index (χ3v) is 2.79. The summed E-state index contributed by atoms with van der Waals surface area (Å²) in [5, 5.41) is 13.9. The molecule has 0 atom stereocenters. The van der Waals surface area contributed by atoms with E-state index in [1.165, 1.54) is 18.2 Å². The Morgan fingerprint density at radius 2 is 2.19 bits per heavy atom. The lowest BCUT2D eigenvalue weighted by Gasteiger charge is -2.09. The molecule has 0 saturated heterocycles. The number of rotatable bonds is 5. The van der Waals surface area contributed by atoms with E-state index in [2.05, 4.69) is 10.3 Å². The Morgan fingerprint density at radius 1 is 1.43 bits per heavy atom. The summed E-state index contributed by atoms with van der Waals surface area (Å²) >= 11 is 5.83. The van der Waals surface area contributed by atoms with Crippen LogP contribution in [0.3, 0.4) is 0 Å². The Hall–Kier alpha value is -2.41. The molecule has 0 aliphatic heterocycles. The average Bonchev–Trinajstić information content (AvgIpc) is 2.42. The molecule has 21 heavy (non-hydrogen) atoms. The number of anilines is 1. The van der Waals surface area contributed by atoms with Crippen molar-refractivity contribution in [2.24, 2.45) is 0 Å². The summed E-state index contributed by atoms with van der Waals surface area (Å²) in [6, 6.07) is 6.22. The number of aromatic nitrogens is 1. The van der Waals surface area contributed by atoms with Gasteiger partial charge in [0.15, 0.2) is 0 Å². The highest BCUT2D eigenvalue weighted by Gasteiger charge is 2.19. The number of nitro groups is 1. The molecule has 6 nitrogen and oxygen atoms in total. The SMILES string of the molecule is CCNc1ccc([N+](=O)[O-])c(Oc2ccc(F)cc2Cl)n1. The minimum atomic E-state index is -0.616. The molecule has 1 N–H and O–H groups in total. The first-order valence-electron chi connectivity index (χ1n) is 6.03. The molecule has 110 valence electrons. The highest BCUT2D eigenvalue weighted by Crippen LogP contribution is 2.34. The highest BCUT2D eigenvalue weighted by atomic mass is 35.5. The van der Waals surface area contributed by atoms with Crippen LogP contribution in [0.15, 0.2) is 30.3 Å². The smallest absolute Gasteiger partial charge is 0.331 e. The minimum Gasteiger partial charge on any atom is -0.432 e. The van der Waals surface area contributed by atoms with E-state index >= 15 is 0 Å². The molecular weight excluding hydrogens is 301 g/mol. The van der Waals surface area contributed by atoms with Crippen LogP contribution in [0.25, 0.3) is 0 Å². The van der Waals surface area contributed by atoms with Gasteiger partial charge >= 0.3 is 11.6 Å². The van der Waals surface area contributed by atoms with E-state index in [9.17, 15) is 14.5 Å². The second kappa shape index (κ2) is 6.36. The Labute approximate surface area is 124 Å². The van der Waals surface area contributed by atoms with Gasteiger partial charge in [0.2, 0.25) is 0 Å². The molecule has 0 radical (unpaired) electrons. The number of hydrogen-bond donors (Lipinski definition) is 1. The molecule has 0 saturated carbocycles. The van der Waals surface area contributed by atoms with Gasteiger partial charge in [0.25, 0.3) is 0 Å². The van der Waals surface area contributed by atoms with Crippen LogP contribution in [0.5, 0.6) is 11.6 Å². The maximum Gasteiger partial charge on any atom is 0.331 e. The van der Waals surface area contributed by atoms with Gasteiger partial charge in [-0.1, -0.05) is 11.6 Å². The number of benzene rings is 1. The molecule has 0 bridgehead atoms. The molecule has 0 unspecified atom stereocenters. The van der Waals surface area contributed by atoms with Crippen LogP contribution in [-0.2, 0) is 0 Å². The van der Waals surface area contributed by atoms with Crippen molar-refractivity contribution in [3.8, 4) is 11.6 Å². The fraction of sp³-hybridized carbons (Fsp3) is 0.154. The van der Waals surface area contributed by atoms with Crippen LogP contribution in [0, 0.1) is 15.9 Å². The quantitative estimate of drug-likeness (QED) is 0.667. The number of nitrogens with zero attached hydrogens (tertiary/aromatic N) is 2. The van der Waals surface area contributed by atoms with E-state index in [4.69, 9.17) is 16.3 Å². The Bertz CT molecular complexity index is 682. The summed E-state index contributed by atoms with van der Waals surface area (Å²) in [7, 11) is 0. The van der Waals surface area contributed by atoms with Crippen LogP contribution in [0.2, 0.25) is 5.02 Å². The maximum atomic E-state index is 13.0. The van der Waals surface area contributed by atoms with E-state index in [-0.39, 0.29) is 22.3 Å². The zero-order chi connectivity index (χ0) is 15.4. The van der Waals surface area contributed by atoms with Crippen LogP contribution in [0.4, 0.5) is 15.9 Å². The van der Waals surface area contributed by atoms with Gasteiger partial charge in [-0.05, 0) is 31.2 Å². The van der Waals surface area contributed by atoms with Gasteiger partial charge in [0.05, 0.1) is 9.95 Å². The van der Waals surface area contributed by atoms with Crippen molar-refractivity contribution >= 4 is 23.1 Å². The van der Waals surface area contributed by atoms with Crippen molar-refractivity contribution in [2.75, 3.05) is 11.9 Å². The molecule has 1 aromatic heterocycles. The Kier molecular flexibility index (Phi) is 4.54. The van der Waals surface area contributed by atoms with Crippen LogP contribution in [-0.4, -0.2) is 16.5 Å². The molecule has 0 aliphatic carbocycles. The van der Waals surface area contributed by atoms with Gasteiger partial charge in [0.1, 0.15) is 17.4 Å². The first-order valence-corrected chi connectivity index (χ1v) is 6.41. The topological polar surface area (TPSA) is 77.3 Å². The van der Waals surface area contributed by atoms with Gasteiger partial charge in [-0.25, -0.2) is 4.39 Å². The lowest BCUT2D eigenvalue weighted by molar-refractivity contribution is -0.386. The number of ether oxygens (including phenoxy) is 1. The lowest BCUT2D eigenvalue weighted by atomic mass is 10.3. The van der Waals surface area contributed by atoms with E-state index < -0.39 is 10.7 Å². The van der Waals surface area contributed by atoms with Crippen LogP contribution >= 0.6 is 11.6 Å². The Balaban J connectivity index is 2.40. The normalized spacial score (nSPS) is 10.2. The van der Waals surface area contributed by atoms with Crippen molar-refractivity contribution < 1.29 is 14.1 Å². The molecule has 2 aromatic rings. The van der Waals surface area contributed by atoms with Crippen molar-refractivity contribution in [1.82, 2.24) is 4.98 Å². The molecule has 0 spiro atoms. The predicted octanol–water partition coefficient (Wildman–Crippen LogP) is 4.01.